The molecular formula is C12H13ClFN3O. The number of benzene rings is 1. The summed E-state index contributed by atoms with van der Waals surface area (Å²) in [6.45, 7) is 2.21. The summed E-state index contributed by atoms with van der Waals surface area (Å²) in [7, 11) is 1.72. The van der Waals surface area contributed by atoms with E-state index in [0.717, 1.165) is 0 Å². The molecule has 0 saturated carbocycles. The number of hydrogen-bond acceptors (Lipinski definition) is 3. The molecule has 1 heterocycles. The highest BCUT2D eigenvalue weighted by atomic mass is 35.5. The van der Waals surface area contributed by atoms with Crippen LogP contribution in [0.15, 0.2) is 18.2 Å². The van der Waals surface area contributed by atoms with Crippen molar-refractivity contribution in [1.29, 1.82) is 0 Å². The van der Waals surface area contributed by atoms with Crippen LogP contribution in [0.4, 0.5) is 10.3 Å². The van der Waals surface area contributed by atoms with Gasteiger partial charge in [-0.1, -0.05) is 11.6 Å². The first-order chi connectivity index (χ1) is 8.54. The average Bonchev–Trinajstić information content (AvgIpc) is 2.56. The number of aromatic nitrogens is 2. The summed E-state index contributed by atoms with van der Waals surface area (Å²) in [5.41, 5.74) is 6.83. The number of nitrogen functional groups attached to an aromatic ring is 1. The minimum atomic E-state index is -0.440. The molecule has 0 aliphatic carbocycles. The van der Waals surface area contributed by atoms with E-state index in [1.54, 1.807) is 30.7 Å². The molecule has 1 aromatic heterocycles. The third-order valence-corrected chi connectivity index (χ3v) is 2.86. The zero-order valence-corrected chi connectivity index (χ0v) is 10.8. The van der Waals surface area contributed by atoms with Crippen molar-refractivity contribution >= 4 is 17.5 Å². The lowest BCUT2D eigenvalue weighted by atomic mass is 10.1. The Kier molecular flexibility index (Phi) is 3.43. The van der Waals surface area contributed by atoms with Crippen molar-refractivity contribution in [2.45, 2.75) is 6.92 Å². The summed E-state index contributed by atoms with van der Waals surface area (Å²) in [6.07, 6.45) is 0. The van der Waals surface area contributed by atoms with Gasteiger partial charge in [-0.3, -0.25) is 0 Å². The maximum atomic E-state index is 13.8. The van der Waals surface area contributed by atoms with Gasteiger partial charge in [-0.2, -0.15) is 0 Å². The van der Waals surface area contributed by atoms with Crippen LogP contribution in [0.1, 0.15) is 6.92 Å². The van der Waals surface area contributed by atoms with Crippen molar-refractivity contribution < 1.29 is 9.13 Å². The molecule has 18 heavy (non-hydrogen) atoms. The van der Waals surface area contributed by atoms with Crippen molar-refractivity contribution in [1.82, 2.24) is 9.55 Å². The van der Waals surface area contributed by atoms with E-state index < -0.39 is 5.82 Å². The van der Waals surface area contributed by atoms with Crippen molar-refractivity contribution in [3.8, 4) is 17.0 Å². The van der Waals surface area contributed by atoms with Gasteiger partial charge in [0.15, 0.2) is 16.7 Å². The molecule has 0 aliphatic rings. The fourth-order valence-electron chi connectivity index (χ4n) is 1.71. The van der Waals surface area contributed by atoms with Crippen LogP contribution in [0.25, 0.3) is 11.3 Å². The smallest absolute Gasteiger partial charge is 0.201 e. The first-order valence-corrected chi connectivity index (χ1v) is 5.82. The molecule has 6 heteroatoms. The fraction of sp³-hybridized carbons (Fsp3) is 0.250. The first kappa shape index (κ1) is 12.7. The highest BCUT2D eigenvalue weighted by Crippen LogP contribution is 2.31. The molecule has 0 amide bonds. The Bertz CT molecular complexity index is 583. The highest BCUT2D eigenvalue weighted by Gasteiger charge is 2.15. The lowest BCUT2D eigenvalue weighted by Gasteiger charge is -2.08. The van der Waals surface area contributed by atoms with Gasteiger partial charge in [0.25, 0.3) is 0 Å². The molecule has 0 spiro atoms. The quantitative estimate of drug-likeness (QED) is 0.932. The third kappa shape index (κ3) is 2.13. The van der Waals surface area contributed by atoms with Gasteiger partial charge in [-0.25, -0.2) is 9.37 Å². The molecule has 2 aromatic rings. The maximum Gasteiger partial charge on any atom is 0.201 e. The number of halogens is 2. The predicted octanol–water partition coefficient (Wildman–Crippen LogP) is 2.86. The molecular weight excluding hydrogens is 257 g/mol. The van der Waals surface area contributed by atoms with Gasteiger partial charge in [0, 0.05) is 12.6 Å². The molecule has 0 fully saturated rings. The number of nitrogens with two attached hydrogens (primary N) is 1. The van der Waals surface area contributed by atoms with Crippen LogP contribution < -0.4 is 10.5 Å². The molecule has 0 saturated heterocycles. The Morgan fingerprint density at radius 3 is 2.72 bits per heavy atom. The molecule has 4 nitrogen and oxygen atoms in total. The molecule has 0 atom stereocenters. The van der Waals surface area contributed by atoms with E-state index in [4.69, 9.17) is 22.1 Å². The monoisotopic (exact) mass is 269 g/mol. The standard InChI is InChI=1S/C12H13ClFN3O/c1-3-18-9-5-4-7(6-8(9)14)10-11(13)16-12(15)17(10)2/h4-6H,3H2,1-2H3,(H2,15,16). The van der Waals surface area contributed by atoms with E-state index in [1.165, 1.54) is 6.07 Å². The number of imidazole rings is 1. The second-order valence-corrected chi connectivity index (χ2v) is 4.10. The Morgan fingerprint density at radius 2 is 2.22 bits per heavy atom. The molecule has 0 unspecified atom stereocenters. The molecule has 0 radical (unpaired) electrons. The SMILES string of the molecule is CCOc1ccc(-c2c(Cl)nc(N)n2C)cc1F. The Hall–Kier alpha value is -1.75. The van der Waals surface area contributed by atoms with E-state index in [0.29, 0.717) is 17.9 Å². The van der Waals surface area contributed by atoms with Crippen LogP contribution in [0, 0.1) is 5.82 Å². The van der Waals surface area contributed by atoms with Crippen molar-refractivity contribution in [2.24, 2.45) is 7.05 Å². The molecule has 2 N–H and O–H groups in total. The maximum absolute atomic E-state index is 13.8. The zero-order valence-electron chi connectivity index (χ0n) is 10.1. The molecule has 0 bridgehead atoms. The summed E-state index contributed by atoms with van der Waals surface area (Å²) in [5.74, 6) is 0.0574. The van der Waals surface area contributed by atoms with E-state index in [1.807, 2.05) is 0 Å². The first-order valence-electron chi connectivity index (χ1n) is 5.45. The van der Waals surface area contributed by atoms with Crippen LogP contribution in [-0.4, -0.2) is 16.2 Å². The van der Waals surface area contributed by atoms with Gasteiger partial charge < -0.3 is 15.0 Å². The van der Waals surface area contributed by atoms with Crippen molar-refractivity contribution in [2.75, 3.05) is 12.3 Å². The summed E-state index contributed by atoms with van der Waals surface area (Å²) >= 11 is 5.97. The highest BCUT2D eigenvalue weighted by molar-refractivity contribution is 6.32. The van der Waals surface area contributed by atoms with Crippen LogP contribution in [0.3, 0.4) is 0 Å². The topological polar surface area (TPSA) is 53.1 Å². The van der Waals surface area contributed by atoms with E-state index >= 15 is 0 Å². The number of ether oxygens (including phenoxy) is 1. The predicted molar refractivity (Wildman–Crippen MR) is 69.2 cm³/mol. The molecule has 96 valence electrons. The van der Waals surface area contributed by atoms with Crippen LogP contribution in [-0.2, 0) is 7.05 Å². The zero-order chi connectivity index (χ0) is 13.3. The second-order valence-electron chi connectivity index (χ2n) is 3.75. The number of rotatable bonds is 3. The molecule has 2 rings (SSSR count). The number of anilines is 1. The lowest BCUT2D eigenvalue weighted by molar-refractivity contribution is 0.321. The summed E-state index contributed by atoms with van der Waals surface area (Å²) in [4.78, 5) is 3.93. The largest absolute Gasteiger partial charge is 0.491 e. The summed E-state index contributed by atoms with van der Waals surface area (Å²) in [5, 5.41) is 0.249. The minimum absolute atomic E-state index is 0.215. The van der Waals surface area contributed by atoms with E-state index in [2.05, 4.69) is 4.98 Å². The Morgan fingerprint density at radius 1 is 1.50 bits per heavy atom. The van der Waals surface area contributed by atoms with Gasteiger partial charge in [0.1, 0.15) is 0 Å². The minimum Gasteiger partial charge on any atom is -0.491 e. The van der Waals surface area contributed by atoms with E-state index in [-0.39, 0.29) is 16.9 Å². The van der Waals surface area contributed by atoms with Crippen LogP contribution in [0.5, 0.6) is 5.75 Å². The molecule has 1 aromatic carbocycles. The van der Waals surface area contributed by atoms with Gasteiger partial charge in [0.05, 0.1) is 12.3 Å². The van der Waals surface area contributed by atoms with Gasteiger partial charge in [0.2, 0.25) is 5.95 Å². The van der Waals surface area contributed by atoms with Crippen LogP contribution in [0.2, 0.25) is 5.15 Å². The number of nitrogens with zero attached hydrogens (tertiary/aromatic N) is 2. The van der Waals surface area contributed by atoms with Gasteiger partial charge in [-0.15, -0.1) is 0 Å². The van der Waals surface area contributed by atoms with Gasteiger partial charge in [-0.05, 0) is 25.1 Å². The third-order valence-electron chi connectivity index (χ3n) is 2.59. The average molecular weight is 270 g/mol. The molecule has 0 aliphatic heterocycles. The summed E-state index contributed by atoms with van der Waals surface area (Å²) < 4.78 is 20.5. The van der Waals surface area contributed by atoms with Crippen molar-refractivity contribution in [3.63, 3.8) is 0 Å². The normalized spacial score (nSPS) is 10.7. The van der Waals surface area contributed by atoms with E-state index in [9.17, 15) is 4.39 Å². The Balaban J connectivity index is 2.49. The lowest BCUT2D eigenvalue weighted by Crippen LogP contribution is -1.99. The fourth-order valence-corrected chi connectivity index (χ4v) is 2.04. The Labute approximate surface area is 109 Å². The van der Waals surface area contributed by atoms with Crippen molar-refractivity contribution in [3.05, 3.63) is 29.2 Å². The second kappa shape index (κ2) is 4.86. The van der Waals surface area contributed by atoms with Crippen LogP contribution >= 0.6 is 11.6 Å². The van der Waals surface area contributed by atoms with Gasteiger partial charge >= 0.3 is 0 Å². The number of hydrogen-bond donors (Lipinski definition) is 1. The summed E-state index contributed by atoms with van der Waals surface area (Å²) in [6, 6.07) is 4.64.